The van der Waals surface area contributed by atoms with Gasteiger partial charge in [0, 0.05) is 0 Å². The van der Waals surface area contributed by atoms with Crippen LogP contribution in [0.5, 0.6) is 0 Å². The Hall–Kier alpha value is -2.14. The van der Waals surface area contributed by atoms with Crippen molar-refractivity contribution in [3.05, 3.63) is 53.2 Å². The first-order chi connectivity index (χ1) is 10.3. The van der Waals surface area contributed by atoms with Gasteiger partial charge in [-0.2, -0.15) is 4.98 Å². The largest absolute Gasteiger partial charge is 0.397 e. The number of nitrogens with two attached hydrogens (primary N) is 1. The Morgan fingerprint density at radius 1 is 1.14 bits per heavy atom. The average molecular weight is 297 g/mol. The summed E-state index contributed by atoms with van der Waals surface area (Å²) in [5.74, 6) is 1.31. The summed E-state index contributed by atoms with van der Waals surface area (Å²) in [6, 6.07) is 12.3. The maximum Gasteiger partial charge on any atom is 0.270 e. The Morgan fingerprint density at radius 2 is 1.95 bits per heavy atom. The minimum absolute atomic E-state index is 0.0883. The minimum Gasteiger partial charge on any atom is -0.397 e. The van der Waals surface area contributed by atoms with Gasteiger partial charge in [0.2, 0.25) is 0 Å². The Balaban J connectivity index is 1.76. The smallest absolute Gasteiger partial charge is 0.270 e. The quantitative estimate of drug-likeness (QED) is 0.797. The van der Waals surface area contributed by atoms with Crippen LogP contribution in [0.1, 0.15) is 30.7 Å². The molecule has 0 saturated heterocycles. The van der Waals surface area contributed by atoms with E-state index in [1.54, 1.807) is 0 Å². The van der Waals surface area contributed by atoms with Gasteiger partial charge < -0.3 is 10.3 Å². The molecule has 3 aromatic rings. The third-order valence-electron chi connectivity index (χ3n) is 4.28. The molecule has 1 aliphatic rings. The zero-order chi connectivity index (χ0) is 14.3. The fraction of sp³-hybridized carbons (Fsp3) is 0.250. The van der Waals surface area contributed by atoms with Crippen molar-refractivity contribution in [1.29, 1.82) is 0 Å². The lowest BCUT2D eigenvalue weighted by atomic mass is 9.64. The Kier molecular flexibility index (Phi) is 2.82. The van der Waals surface area contributed by atoms with Crippen LogP contribution in [-0.4, -0.2) is 10.1 Å². The molecule has 0 radical (unpaired) electrons. The summed E-state index contributed by atoms with van der Waals surface area (Å²) in [5, 5.41) is 6.18. The van der Waals surface area contributed by atoms with E-state index in [0.29, 0.717) is 11.6 Å². The summed E-state index contributed by atoms with van der Waals surface area (Å²) in [7, 11) is 0. The van der Waals surface area contributed by atoms with E-state index in [4.69, 9.17) is 10.3 Å². The van der Waals surface area contributed by atoms with Crippen molar-refractivity contribution in [2.45, 2.75) is 24.7 Å². The normalized spacial score (nSPS) is 16.6. The van der Waals surface area contributed by atoms with E-state index >= 15 is 0 Å². The summed E-state index contributed by atoms with van der Waals surface area (Å²) in [6.45, 7) is 0. The summed E-state index contributed by atoms with van der Waals surface area (Å²) >= 11 is 1.53. The summed E-state index contributed by atoms with van der Waals surface area (Å²) in [6.07, 6.45) is 3.33. The molecule has 0 aliphatic heterocycles. The second-order valence-electron chi connectivity index (χ2n) is 5.43. The van der Waals surface area contributed by atoms with Gasteiger partial charge in [0.25, 0.3) is 5.89 Å². The molecule has 4 nitrogen and oxygen atoms in total. The lowest BCUT2D eigenvalue weighted by Gasteiger charge is -2.39. The molecule has 0 unspecified atom stereocenters. The minimum atomic E-state index is -0.0883. The van der Waals surface area contributed by atoms with Crippen molar-refractivity contribution in [2.75, 3.05) is 5.73 Å². The molecule has 2 aromatic heterocycles. The molecule has 1 aromatic carbocycles. The Morgan fingerprint density at radius 3 is 2.57 bits per heavy atom. The Bertz CT molecular complexity index is 759. The first kappa shape index (κ1) is 12.6. The van der Waals surface area contributed by atoms with E-state index in [-0.39, 0.29) is 5.41 Å². The fourth-order valence-electron chi connectivity index (χ4n) is 2.93. The van der Waals surface area contributed by atoms with Gasteiger partial charge in [-0.05, 0) is 29.9 Å². The molecule has 0 spiro atoms. The van der Waals surface area contributed by atoms with Crippen LogP contribution in [-0.2, 0) is 5.41 Å². The predicted octanol–water partition coefficient (Wildman–Crippen LogP) is 3.85. The molecule has 2 N–H and O–H groups in total. The molecule has 0 bridgehead atoms. The highest BCUT2D eigenvalue weighted by molar-refractivity contribution is 7.14. The topological polar surface area (TPSA) is 64.9 Å². The van der Waals surface area contributed by atoms with Crippen LogP contribution in [0.4, 0.5) is 5.69 Å². The first-order valence-electron chi connectivity index (χ1n) is 7.03. The van der Waals surface area contributed by atoms with Crippen molar-refractivity contribution in [3.63, 3.8) is 0 Å². The SMILES string of the molecule is Nc1ccsc1-c1nc(C2(c3ccccc3)CCC2)no1. The molecule has 2 heterocycles. The number of hydrogen-bond donors (Lipinski definition) is 1. The molecule has 4 rings (SSSR count). The van der Waals surface area contributed by atoms with Crippen molar-refractivity contribution < 1.29 is 4.52 Å². The van der Waals surface area contributed by atoms with Crippen LogP contribution in [0.25, 0.3) is 10.8 Å². The van der Waals surface area contributed by atoms with E-state index in [1.807, 2.05) is 17.5 Å². The average Bonchev–Trinajstić information content (AvgIpc) is 3.08. The number of benzene rings is 1. The monoisotopic (exact) mass is 297 g/mol. The lowest BCUT2D eigenvalue weighted by Crippen LogP contribution is -2.36. The summed E-state index contributed by atoms with van der Waals surface area (Å²) in [4.78, 5) is 5.49. The van der Waals surface area contributed by atoms with Crippen LogP contribution in [0.15, 0.2) is 46.3 Å². The second kappa shape index (κ2) is 4.70. The maximum atomic E-state index is 5.93. The second-order valence-corrected chi connectivity index (χ2v) is 6.35. The highest BCUT2D eigenvalue weighted by Crippen LogP contribution is 2.48. The van der Waals surface area contributed by atoms with Gasteiger partial charge in [0.15, 0.2) is 5.82 Å². The van der Waals surface area contributed by atoms with Gasteiger partial charge >= 0.3 is 0 Å². The van der Waals surface area contributed by atoms with E-state index in [9.17, 15) is 0 Å². The summed E-state index contributed by atoms with van der Waals surface area (Å²) < 4.78 is 5.46. The molecule has 0 amide bonds. The zero-order valence-electron chi connectivity index (χ0n) is 11.5. The van der Waals surface area contributed by atoms with Gasteiger partial charge in [0.1, 0.15) is 4.88 Å². The van der Waals surface area contributed by atoms with Crippen LogP contribution < -0.4 is 5.73 Å². The fourth-order valence-corrected chi connectivity index (χ4v) is 3.67. The van der Waals surface area contributed by atoms with Crippen LogP contribution in [0, 0.1) is 0 Å². The summed E-state index contributed by atoms with van der Waals surface area (Å²) in [5.41, 5.74) is 7.80. The zero-order valence-corrected chi connectivity index (χ0v) is 12.3. The number of thiophene rings is 1. The van der Waals surface area contributed by atoms with Crippen molar-refractivity contribution in [2.24, 2.45) is 0 Å². The highest BCUT2D eigenvalue weighted by atomic mass is 32.1. The molecular weight excluding hydrogens is 282 g/mol. The van der Waals surface area contributed by atoms with Crippen molar-refractivity contribution >= 4 is 17.0 Å². The Labute approximate surface area is 126 Å². The molecule has 1 fully saturated rings. The molecular formula is C16H15N3OS. The van der Waals surface area contributed by atoms with E-state index in [0.717, 1.165) is 23.5 Å². The first-order valence-corrected chi connectivity index (χ1v) is 7.91. The number of aromatic nitrogens is 2. The molecule has 21 heavy (non-hydrogen) atoms. The van der Waals surface area contributed by atoms with Crippen LogP contribution >= 0.6 is 11.3 Å². The third-order valence-corrected chi connectivity index (χ3v) is 5.20. The number of rotatable bonds is 3. The third kappa shape index (κ3) is 1.88. The number of nitrogen functional groups attached to an aromatic ring is 1. The van der Waals surface area contributed by atoms with Crippen molar-refractivity contribution in [1.82, 2.24) is 10.1 Å². The van der Waals surface area contributed by atoms with Gasteiger partial charge in [-0.1, -0.05) is 41.9 Å². The maximum absolute atomic E-state index is 5.93. The lowest BCUT2D eigenvalue weighted by molar-refractivity contribution is 0.273. The van der Waals surface area contributed by atoms with Gasteiger partial charge in [0.05, 0.1) is 11.1 Å². The van der Waals surface area contributed by atoms with Crippen molar-refractivity contribution in [3.8, 4) is 10.8 Å². The molecule has 1 saturated carbocycles. The molecule has 1 aliphatic carbocycles. The predicted molar refractivity (Wildman–Crippen MR) is 83.1 cm³/mol. The van der Waals surface area contributed by atoms with E-state index < -0.39 is 0 Å². The van der Waals surface area contributed by atoms with Gasteiger partial charge in [-0.15, -0.1) is 11.3 Å². The number of hydrogen-bond acceptors (Lipinski definition) is 5. The van der Waals surface area contributed by atoms with E-state index in [1.165, 1.54) is 23.3 Å². The highest BCUT2D eigenvalue weighted by Gasteiger charge is 2.44. The number of anilines is 1. The van der Waals surface area contributed by atoms with E-state index in [2.05, 4.69) is 34.4 Å². The molecule has 106 valence electrons. The van der Waals surface area contributed by atoms with Gasteiger partial charge in [-0.3, -0.25) is 0 Å². The van der Waals surface area contributed by atoms with Crippen LogP contribution in [0.2, 0.25) is 0 Å². The number of nitrogens with zero attached hydrogens (tertiary/aromatic N) is 2. The molecule has 0 atom stereocenters. The standard InChI is InChI=1S/C16H15N3OS/c17-12-7-10-21-13(12)14-18-15(19-20-14)16(8-4-9-16)11-5-2-1-3-6-11/h1-3,5-7,10H,4,8-9,17H2. The van der Waals surface area contributed by atoms with Gasteiger partial charge in [-0.25, -0.2) is 0 Å². The van der Waals surface area contributed by atoms with Crippen LogP contribution in [0.3, 0.4) is 0 Å². The molecule has 5 heteroatoms.